The number of nitrogens with zero attached hydrogens (tertiary/aromatic N) is 1. The molecule has 0 fully saturated rings. The van der Waals surface area contributed by atoms with Crippen molar-refractivity contribution in [2.24, 2.45) is 0 Å². The van der Waals surface area contributed by atoms with Gasteiger partial charge in [0.05, 0.1) is 33.0 Å². The summed E-state index contributed by atoms with van der Waals surface area (Å²) in [6.07, 6.45) is 4.94. The van der Waals surface area contributed by atoms with Crippen LogP contribution in [0.3, 0.4) is 0 Å². The van der Waals surface area contributed by atoms with E-state index in [1.54, 1.807) is 68.8 Å². The van der Waals surface area contributed by atoms with Gasteiger partial charge in [0.1, 0.15) is 11.5 Å². The number of amides is 1. The van der Waals surface area contributed by atoms with E-state index in [-0.39, 0.29) is 5.91 Å². The summed E-state index contributed by atoms with van der Waals surface area (Å²) in [5.74, 6) is 0.583. The molecule has 0 radical (unpaired) electrons. The van der Waals surface area contributed by atoms with E-state index in [0.717, 1.165) is 11.1 Å². The molecule has 0 aliphatic carbocycles. The lowest BCUT2D eigenvalue weighted by atomic mass is 10.0. The third kappa shape index (κ3) is 6.84. The zero-order valence-electron chi connectivity index (χ0n) is 20.3. The molecule has 3 rings (SSSR count). The normalized spacial score (nSPS) is 11.0. The van der Waals surface area contributed by atoms with E-state index in [1.165, 1.54) is 13.2 Å². The van der Waals surface area contributed by atoms with E-state index in [0.29, 0.717) is 40.3 Å². The minimum absolute atomic E-state index is 0.219. The summed E-state index contributed by atoms with van der Waals surface area (Å²) >= 11 is 0. The second-order valence-corrected chi connectivity index (χ2v) is 7.63. The largest absolute Gasteiger partial charge is 0.497 e. The average molecular weight is 483 g/mol. The molecule has 0 aliphatic rings. The molecule has 3 aromatic carbocycles. The number of carbonyl (C=O) groups is 2. The minimum Gasteiger partial charge on any atom is -0.497 e. The molecule has 0 unspecified atom stereocenters. The first-order chi connectivity index (χ1) is 17.5. The smallest absolute Gasteiger partial charge is 0.331 e. The Morgan fingerprint density at radius 1 is 0.944 bits per heavy atom. The van der Waals surface area contributed by atoms with Crippen molar-refractivity contribution >= 4 is 23.5 Å². The third-order valence-electron chi connectivity index (χ3n) is 5.36. The van der Waals surface area contributed by atoms with Crippen molar-refractivity contribution in [2.75, 3.05) is 21.3 Å². The van der Waals surface area contributed by atoms with Crippen LogP contribution in [0.2, 0.25) is 0 Å². The molecule has 0 saturated carbocycles. The van der Waals surface area contributed by atoms with Gasteiger partial charge in [0.2, 0.25) is 0 Å². The first kappa shape index (κ1) is 25.8. The van der Waals surface area contributed by atoms with Gasteiger partial charge in [-0.05, 0) is 53.1 Å². The predicted octanol–water partition coefficient (Wildman–Crippen LogP) is 4.78. The second-order valence-electron chi connectivity index (χ2n) is 7.63. The molecule has 0 spiro atoms. The minimum atomic E-state index is -0.502. The summed E-state index contributed by atoms with van der Waals surface area (Å²) in [7, 11) is 4.45. The number of esters is 1. The van der Waals surface area contributed by atoms with Crippen molar-refractivity contribution in [3.63, 3.8) is 0 Å². The van der Waals surface area contributed by atoms with E-state index in [2.05, 4.69) is 11.4 Å². The highest BCUT2D eigenvalue weighted by atomic mass is 16.5. The molecule has 182 valence electrons. The number of hydrogen-bond acceptors (Lipinski definition) is 6. The molecule has 1 N–H and O–H groups in total. The molecule has 36 heavy (non-hydrogen) atoms. The first-order valence-corrected chi connectivity index (χ1v) is 11.0. The van der Waals surface area contributed by atoms with Crippen LogP contribution < -0.4 is 14.8 Å². The van der Waals surface area contributed by atoms with Crippen LogP contribution in [0.4, 0.5) is 0 Å². The van der Waals surface area contributed by atoms with Crippen LogP contribution >= 0.6 is 0 Å². The Hall–Kier alpha value is -4.83. The van der Waals surface area contributed by atoms with Crippen LogP contribution in [0.25, 0.3) is 11.6 Å². The van der Waals surface area contributed by atoms with Crippen molar-refractivity contribution in [1.29, 1.82) is 5.26 Å². The maximum Gasteiger partial charge on any atom is 0.331 e. The molecular weight excluding hydrogens is 456 g/mol. The fourth-order valence-electron chi connectivity index (χ4n) is 3.39. The van der Waals surface area contributed by atoms with Gasteiger partial charge in [-0.25, -0.2) is 4.79 Å². The zero-order chi connectivity index (χ0) is 25.9. The van der Waals surface area contributed by atoms with E-state index in [1.807, 2.05) is 24.3 Å². The maximum atomic E-state index is 12.6. The van der Waals surface area contributed by atoms with Gasteiger partial charge in [0, 0.05) is 29.8 Å². The summed E-state index contributed by atoms with van der Waals surface area (Å²) in [4.78, 5) is 24.5. The Bertz CT molecular complexity index is 1330. The van der Waals surface area contributed by atoms with E-state index >= 15 is 0 Å². The molecule has 7 nitrogen and oxygen atoms in total. The molecule has 0 saturated heterocycles. The van der Waals surface area contributed by atoms with Crippen LogP contribution in [0.5, 0.6) is 11.5 Å². The topological polar surface area (TPSA) is 97.7 Å². The van der Waals surface area contributed by atoms with Crippen LogP contribution in [0.15, 0.2) is 78.9 Å². The van der Waals surface area contributed by atoms with E-state index in [9.17, 15) is 14.9 Å². The molecule has 0 bridgehead atoms. The lowest BCUT2D eigenvalue weighted by Crippen LogP contribution is -2.23. The third-order valence-corrected chi connectivity index (χ3v) is 5.36. The van der Waals surface area contributed by atoms with Gasteiger partial charge in [0.25, 0.3) is 5.91 Å². The first-order valence-electron chi connectivity index (χ1n) is 11.0. The molecular formula is C29H26N2O5. The summed E-state index contributed by atoms with van der Waals surface area (Å²) < 4.78 is 15.3. The molecule has 0 aliphatic heterocycles. The summed E-state index contributed by atoms with van der Waals surface area (Å²) in [6.45, 7) is 0.303. The Kier molecular flexibility index (Phi) is 9.01. The lowest BCUT2D eigenvalue weighted by molar-refractivity contribution is -0.134. The van der Waals surface area contributed by atoms with Crippen LogP contribution in [-0.2, 0) is 16.1 Å². The number of carbonyl (C=O) groups excluding carboxylic acids is 2. The molecule has 0 heterocycles. The van der Waals surface area contributed by atoms with Crippen LogP contribution in [-0.4, -0.2) is 33.2 Å². The van der Waals surface area contributed by atoms with Gasteiger partial charge in [-0.3, -0.25) is 4.79 Å². The van der Waals surface area contributed by atoms with Crippen LogP contribution in [0, 0.1) is 11.3 Å². The molecule has 3 aromatic rings. The quantitative estimate of drug-likeness (QED) is 0.268. The molecule has 0 atom stereocenters. The second kappa shape index (κ2) is 12.6. The Balaban J connectivity index is 1.72. The van der Waals surface area contributed by atoms with Gasteiger partial charge < -0.3 is 19.5 Å². The number of ether oxygens (including phenoxy) is 3. The highest BCUT2D eigenvalue weighted by molar-refractivity contribution is 5.96. The Morgan fingerprint density at radius 3 is 2.39 bits per heavy atom. The molecule has 7 heteroatoms. The van der Waals surface area contributed by atoms with Gasteiger partial charge in [-0.1, -0.05) is 36.4 Å². The number of methoxy groups -OCH3 is 3. The summed E-state index contributed by atoms with van der Waals surface area (Å²) in [5, 5.41) is 12.1. The highest BCUT2D eigenvalue weighted by Gasteiger charge is 2.09. The van der Waals surface area contributed by atoms with Crippen molar-refractivity contribution < 1.29 is 23.8 Å². The van der Waals surface area contributed by atoms with Crippen molar-refractivity contribution in [3.05, 3.63) is 107 Å². The number of nitrogens with one attached hydrogen (secondary N) is 1. The number of nitriles is 1. The van der Waals surface area contributed by atoms with Crippen molar-refractivity contribution in [2.45, 2.75) is 6.54 Å². The van der Waals surface area contributed by atoms with Gasteiger partial charge in [0.15, 0.2) is 0 Å². The lowest BCUT2D eigenvalue weighted by Gasteiger charge is -2.11. The van der Waals surface area contributed by atoms with Gasteiger partial charge in [-0.2, -0.15) is 5.26 Å². The van der Waals surface area contributed by atoms with Gasteiger partial charge in [-0.15, -0.1) is 0 Å². The van der Waals surface area contributed by atoms with Crippen LogP contribution in [0.1, 0.15) is 32.6 Å². The standard InChI is InChI=1S/C29H26N2O5/c1-34-26-14-13-25(27(17-26)35-2)19-31-29(33)22-10-7-20(8-11-22)9-12-24(16-28(32)36-3)23-6-4-5-21(15-23)18-30/h4-17H,19H2,1-3H3,(H,31,33)/b12-9+,24-16+. The highest BCUT2D eigenvalue weighted by Crippen LogP contribution is 2.24. The van der Waals surface area contributed by atoms with Gasteiger partial charge >= 0.3 is 5.97 Å². The zero-order valence-corrected chi connectivity index (χ0v) is 20.3. The van der Waals surface area contributed by atoms with Crippen molar-refractivity contribution in [1.82, 2.24) is 5.32 Å². The van der Waals surface area contributed by atoms with E-state index < -0.39 is 5.97 Å². The fourth-order valence-corrected chi connectivity index (χ4v) is 3.39. The number of allylic oxidation sites excluding steroid dienone is 2. The maximum absolute atomic E-state index is 12.6. The number of benzene rings is 3. The average Bonchev–Trinajstić information content (AvgIpc) is 2.93. The SMILES string of the molecule is COC(=O)/C=C(\C=C\c1ccc(C(=O)NCc2ccc(OC)cc2OC)cc1)c1cccc(C#N)c1. The number of hydrogen-bond donors (Lipinski definition) is 1. The van der Waals surface area contributed by atoms with E-state index in [4.69, 9.17) is 14.2 Å². The predicted molar refractivity (Wildman–Crippen MR) is 137 cm³/mol. The molecule has 1 amide bonds. The molecule has 0 aromatic heterocycles. The number of rotatable bonds is 9. The Morgan fingerprint density at radius 2 is 1.72 bits per heavy atom. The summed E-state index contributed by atoms with van der Waals surface area (Å²) in [6, 6.07) is 21.5. The summed E-state index contributed by atoms with van der Waals surface area (Å²) in [5.41, 5.74) is 3.95. The Labute approximate surface area is 210 Å². The monoisotopic (exact) mass is 482 g/mol. The fraction of sp³-hybridized carbons (Fsp3) is 0.138. The van der Waals surface area contributed by atoms with Crippen molar-refractivity contribution in [3.8, 4) is 17.6 Å².